The molecule has 4 nitrogen and oxygen atoms in total. The van der Waals surface area contributed by atoms with Crippen LogP contribution >= 0.6 is 23.2 Å². The topological polar surface area (TPSA) is 55.6 Å². The quantitative estimate of drug-likeness (QED) is 0.786. The van der Waals surface area contributed by atoms with Crippen molar-refractivity contribution in [3.63, 3.8) is 0 Å². The van der Waals surface area contributed by atoms with Gasteiger partial charge in [-0.3, -0.25) is 4.79 Å². The van der Waals surface area contributed by atoms with Gasteiger partial charge in [0, 0.05) is 19.1 Å². The number of amides is 1. The van der Waals surface area contributed by atoms with Gasteiger partial charge in [-0.15, -0.1) is 0 Å². The van der Waals surface area contributed by atoms with Crippen molar-refractivity contribution in [1.82, 2.24) is 4.90 Å². The first kappa shape index (κ1) is 17.2. The minimum Gasteiger partial charge on any atom is -0.370 e. The van der Waals surface area contributed by atoms with Crippen LogP contribution in [0, 0.1) is 0 Å². The predicted octanol–water partition coefficient (Wildman–Crippen LogP) is 2.71. The standard InChI is InChI=1S/C14H20Cl2N2O2/c1-10(2)18(14(19)9-20-6-5-17)8-11-3-4-12(15)13(16)7-11/h3-4,7,10H,5-6,8-9,17H2,1-2H3. The molecule has 2 N–H and O–H groups in total. The van der Waals surface area contributed by atoms with Gasteiger partial charge in [-0.1, -0.05) is 29.3 Å². The number of halogens is 2. The van der Waals surface area contributed by atoms with Crippen molar-refractivity contribution >= 4 is 29.1 Å². The molecule has 1 amide bonds. The molecular weight excluding hydrogens is 299 g/mol. The van der Waals surface area contributed by atoms with E-state index in [-0.39, 0.29) is 18.6 Å². The van der Waals surface area contributed by atoms with E-state index in [9.17, 15) is 4.79 Å². The smallest absolute Gasteiger partial charge is 0.249 e. The molecule has 20 heavy (non-hydrogen) atoms. The molecule has 0 aliphatic carbocycles. The summed E-state index contributed by atoms with van der Waals surface area (Å²) in [6.45, 7) is 5.21. The van der Waals surface area contributed by atoms with Crippen LogP contribution in [-0.2, 0) is 16.1 Å². The molecule has 0 bridgehead atoms. The number of hydrogen-bond donors (Lipinski definition) is 1. The number of nitrogens with zero attached hydrogens (tertiary/aromatic N) is 1. The van der Waals surface area contributed by atoms with Gasteiger partial charge in [0.2, 0.25) is 5.91 Å². The summed E-state index contributed by atoms with van der Waals surface area (Å²) >= 11 is 11.9. The number of carbonyl (C=O) groups excluding carboxylic acids is 1. The maximum absolute atomic E-state index is 12.1. The van der Waals surface area contributed by atoms with Gasteiger partial charge >= 0.3 is 0 Å². The summed E-state index contributed by atoms with van der Waals surface area (Å²) in [5.41, 5.74) is 6.26. The Hall–Kier alpha value is -0.810. The van der Waals surface area contributed by atoms with Crippen molar-refractivity contribution in [3.05, 3.63) is 33.8 Å². The van der Waals surface area contributed by atoms with Gasteiger partial charge in [-0.25, -0.2) is 0 Å². The van der Waals surface area contributed by atoms with Crippen LogP contribution in [0.5, 0.6) is 0 Å². The summed E-state index contributed by atoms with van der Waals surface area (Å²) in [5, 5.41) is 0.990. The zero-order valence-corrected chi connectivity index (χ0v) is 13.2. The Morgan fingerprint density at radius 1 is 1.35 bits per heavy atom. The van der Waals surface area contributed by atoms with Gasteiger partial charge in [0.05, 0.1) is 16.7 Å². The molecule has 0 radical (unpaired) electrons. The Labute approximate surface area is 129 Å². The molecule has 0 aliphatic heterocycles. The van der Waals surface area contributed by atoms with Crippen molar-refractivity contribution in [2.24, 2.45) is 5.73 Å². The number of carbonyl (C=O) groups is 1. The fourth-order valence-corrected chi connectivity index (χ4v) is 2.04. The minimum atomic E-state index is -0.0699. The molecule has 6 heteroatoms. The van der Waals surface area contributed by atoms with Crippen LogP contribution in [0.1, 0.15) is 19.4 Å². The number of rotatable bonds is 7. The fourth-order valence-electron chi connectivity index (χ4n) is 1.72. The van der Waals surface area contributed by atoms with Crippen LogP contribution in [0.3, 0.4) is 0 Å². The van der Waals surface area contributed by atoms with Gasteiger partial charge in [0.1, 0.15) is 6.61 Å². The largest absolute Gasteiger partial charge is 0.370 e. The summed E-state index contributed by atoms with van der Waals surface area (Å²) in [6.07, 6.45) is 0. The lowest BCUT2D eigenvalue weighted by Crippen LogP contribution is -2.39. The second-order valence-electron chi connectivity index (χ2n) is 4.71. The number of nitrogens with two attached hydrogens (primary N) is 1. The monoisotopic (exact) mass is 318 g/mol. The SMILES string of the molecule is CC(C)N(Cc1ccc(Cl)c(Cl)c1)C(=O)COCCN. The van der Waals surface area contributed by atoms with Gasteiger partial charge in [0.15, 0.2) is 0 Å². The Morgan fingerprint density at radius 2 is 2.05 bits per heavy atom. The van der Waals surface area contributed by atoms with E-state index in [1.807, 2.05) is 19.9 Å². The normalized spacial score (nSPS) is 10.9. The highest BCUT2D eigenvalue weighted by Crippen LogP contribution is 2.23. The molecule has 1 aromatic rings. The van der Waals surface area contributed by atoms with E-state index in [1.165, 1.54) is 0 Å². The number of ether oxygens (including phenoxy) is 1. The Kier molecular flexibility index (Phi) is 7.30. The third kappa shape index (κ3) is 5.29. The third-order valence-corrected chi connectivity index (χ3v) is 3.51. The molecule has 0 saturated heterocycles. The zero-order chi connectivity index (χ0) is 15.1. The van der Waals surface area contributed by atoms with E-state index in [2.05, 4.69) is 0 Å². The summed E-state index contributed by atoms with van der Waals surface area (Å²) in [5.74, 6) is -0.0699. The lowest BCUT2D eigenvalue weighted by atomic mass is 10.2. The molecule has 0 aliphatic rings. The second-order valence-corrected chi connectivity index (χ2v) is 5.52. The molecule has 0 aromatic heterocycles. The molecule has 1 rings (SSSR count). The fraction of sp³-hybridized carbons (Fsp3) is 0.500. The van der Waals surface area contributed by atoms with Crippen LogP contribution in [0.25, 0.3) is 0 Å². The Balaban J connectivity index is 2.71. The average Bonchev–Trinajstić information content (AvgIpc) is 2.39. The third-order valence-electron chi connectivity index (χ3n) is 2.77. The predicted molar refractivity (Wildman–Crippen MR) is 82.0 cm³/mol. The lowest BCUT2D eigenvalue weighted by Gasteiger charge is -2.27. The van der Waals surface area contributed by atoms with Crippen molar-refractivity contribution in [1.29, 1.82) is 0 Å². The molecule has 0 atom stereocenters. The Morgan fingerprint density at radius 3 is 2.60 bits per heavy atom. The molecule has 0 spiro atoms. The highest BCUT2D eigenvalue weighted by molar-refractivity contribution is 6.42. The van der Waals surface area contributed by atoms with Crippen LogP contribution in [0.4, 0.5) is 0 Å². The molecule has 0 heterocycles. The minimum absolute atomic E-state index is 0.0384. The highest BCUT2D eigenvalue weighted by atomic mass is 35.5. The van der Waals surface area contributed by atoms with Crippen molar-refractivity contribution in [3.8, 4) is 0 Å². The molecular formula is C14H20Cl2N2O2. The van der Waals surface area contributed by atoms with E-state index in [4.69, 9.17) is 33.7 Å². The number of hydrogen-bond acceptors (Lipinski definition) is 3. The van der Waals surface area contributed by atoms with Crippen LogP contribution < -0.4 is 5.73 Å². The maximum Gasteiger partial charge on any atom is 0.249 e. The summed E-state index contributed by atoms with van der Waals surface area (Å²) in [4.78, 5) is 13.8. The zero-order valence-electron chi connectivity index (χ0n) is 11.7. The summed E-state index contributed by atoms with van der Waals surface area (Å²) in [7, 11) is 0. The van der Waals surface area contributed by atoms with E-state index in [1.54, 1.807) is 17.0 Å². The first-order valence-corrected chi connectivity index (χ1v) is 7.22. The highest BCUT2D eigenvalue weighted by Gasteiger charge is 2.17. The van der Waals surface area contributed by atoms with Gasteiger partial charge in [-0.2, -0.15) is 0 Å². The maximum atomic E-state index is 12.1. The van der Waals surface area contributed by atoms with E-state index in [0.29, 0.717) is 29.7 Å². The van der Waals surface area contributed by atoms with Gasteiger partial charge in [0.25, 0.3) is 0 Å². The summed E-state index contributed by atoms with van der Waals surface area (Å²) < 4.78 is 5.19. The Bertz CT molecular complexity index is 453. The van der Waals surface area contributed by atoms with E-state index < -0.39 is 0 Å². The van der Waals surface area contributed by atoms with Crippen LogP contribution in [0.2, 0.25) is 10.0 Å². The van der Waals surface area contributed by atoms with E-state index in [0.717, 1.165) is 5.56 Å². The molecule has 0 fully saturated rings. The van der Waals surface area contributed by atoms with Crippen LogP contribution in [-0.4, -0.2) is 36.6 Å². The van der Waals surface area contributed by atoms with E-state index >= 15 is 0 Å². The van der Waals surface area contributed by atoms with Gasteiger partial charge in [-0.05, 0) is 31.5 Å². The van der Waals surface area contributed by atoms with Crippen molar-refractivity contribution in [2.75, 3.05) is 19.8 Å². The van der Waals surface area contributed by atoms with Crippen molar-refractivity contribution < 1.29 is 9.53 Å². The van der Waals surface area contributed by atoms with Crippen LogP contribution in [0.15, 0.2) is 18.2 Å². The molecule has 0 saturated carbocycles. The molecule has 0 unspecified atom stereocenters. The van der Waals surface area contributed by atoms with Crippen molar-refractivity contribution in [2.45, 2.75) is 26.4 Å². The molecule has 1 aromatic carbocycles. The number of benzene rings is 1. The second kappa shape index (κ2) is 8.47. The van der Waals surface area contributed by atoms with Gasteiger partial charge < -0.3 is 15.4 Å². The average molecular weight is 319 g/mol. The lowest BCUT2D eigenvalue weighted by molar-refractivity contribution is -0.138. The first-order valence-electron chi connectivity index (χ1n) is 6.47. The summed E-state index contributed by atoms with van der Waals surface area (Å²) in [6, 6.07) is 5.43. The first-order chi connectivity index (χ1) is 9.45. The molecule has 112 valence electrons.